The topological polar surface area (TPSA) is 69.2 Å². The monoisotopic (exact) mass is 237 g/mol. The fourth-order valence-corrected chi connectivity index (χ4v) is 2.17. The summed E-state index contributed by atoms with van der Waals surface area (Å²) >= 11 is 0. The predicted molar refractivity (Wildman–Crippen MR) is 66.3 cm³/mol. The van der Waals surface area contributed by atoms with Crippen LogP contribution in [0.5, 0.6) is 0 Å². The lowest BCUT2D eigenvalue weighted by atomic mass is 9.98. The molecule has 5 heteroatoms. The maximum atomic E-state index is 11.5. The summed E-state index contributed by atoms with van der Waals surface area (Å²) in [6.07, 6.45) is 2.66. The van der Waals surface area contributed by atoms with E-state index >= 15 is 0 Å². The van der Waals surface area contributed by atoms with E-state index in [-0.39, 0.29) is 12.2 Å². The number of anilines is 1. The smallest absolute Gasteiger partial charge is 0.252 e. The number of nitrogens with zero attached hydrogens (tertiary/aromatic N) is 2. The third-order valence-electron chi connectivity index (χ3n) is 3.31. The first-order chi connectivity index (χ1) is 8.22. The highest BCUT2D eigenvalue weighted by atomic mass is 16.3. The first kappa shape index (κ1) is 12.1. The van der Waals surface area contributed by atoms with Gasteiger partial charge < -0.3 is 15.0 Å². The first-order valence-electron chi connectivity index (χ1n) is 6.19. The van der Waals surface area contributed by atoms with Crippen molar-refractivity contribution in [1.29, 1.82) is 0 Å². The maximum absolute atomic E-state index is 11.5. The van der Waals surface area contributed by atoms with Crippen molar-refractivity contribution in [3.8, 4) is 0 Å². The standard InChI is InChI=1S/C12H19N3O2/c1-2-10-13-11(7-12(17)14-10)15-5-3-9(8-16)4-6-15/h7,9,16H,2-6,8H2,1H3,(H,13,14,17). The van der Waals surface area contributed by atoms with Crippen molar-refractivity contribution in [3.63, 3.8) is 0 Å². The van der Waals surface area contributed by atoms with Gasteiger partial charge in [-0.1, -0.05) is 6.92 Å². The molecule has 1 aromatic heterocycles. The molecule has 0 bridgehead atoms. The van der Waals surface area contributed by atoms with Crippen molar-refractivity contribution in [2.45, 2.75) is 26.2 Å². The van der Waals surface area contributed by atoms with Crippen LogP contribution in [0.4, 0.5) is 5.82 Å². The summed E-state index contributed by atoms with van der Waals surface area (Å²) in [5.41, 5.74) is -0.0869. The van der Waals surface area contributed by atoms with E-state index in [4.69, 9.17) is 5.11 Å². The quantitative estimate of drug-likeness (QED) is 0.805. The van der Waals surface area contributed by atoms with Gasteiger partial charge in [0.2, 0.25) is 0 Å². The van der Waals surface area contributed by atoms with E-state index in [0.29, 0.717) is 5.92 Å². The second-order valence-electron chi connectivity index (χ2n) is 4.52. The Kier molecular flexibility index (Phi) is 3.78. The van der Waals surface area contributed by atoms with Gasteiger partial charge in [0.25, 0.3) is 5.56 Å². The number of aryl methyl sites for hydroxylation is 1. The molecule has 1 aromatic rings. The summed E-state index contributed by atoms with van der Waals surface area (Å²) < 4.78 is 0. The molecule has 0 spiro atoms. The molecule has 0 aromatic carbocycles. The highest BCUT2D eigenvalue weighted by Crippen LogP contribution is 2.20. The molecule has 2 rings (SSSR count). The van der Waals surface area contributed by atoms with Gasteiger partial charge in [-0.2, -0.15) is 0 Å². The van der Waals surface area contributed by atoms with Gasteiger partial charge in [0.05, 0.1) is 0 Å². The van der Waals surface area contributed by atoms with Crippen molar-refractivity contribution in [2.75, 3.05) is 24.6 Å². The number of hydrogen-bond donors (Lipinski definition) is 2. The molecule has 2 heterocycles. The Bertz CT molecular complexity index is 422. The van der Waals surface area contributed by atoms with Crippen LogP contribution < -0.4 is 10.5 Å². The first-order valence-corrected chi connectivity index (χ1v) is 6.19. The van der Waals surface area contributed by atoms with Crippen LogP contribution in [0.1, 0.15) is 25.6 Å². The number of aliphatic hydroxyl groups excluding tert-OH is 1. The molecule has 0 aliphatic carbocycles. The molecule has 0 saturated carbocycles. The number of nitrogens with one attached hydrogen (secondary N) is 1. The average Bonchev–Trinajstić information content (AvgIpc) is 2.38. The van der Waals surface area contributed by atoms with E-state index in [1.807, 2.05) is 6.92 Å². The highest BCUT2D eigenvalue weighted by Gasteiger charge is 2.19. The van der Waals surface area contributed by atoms with Gasteiger partial charge >= 0.3 is 0 Å². The zero-order valence-electron chi connectivity index (χ0n) is 10.1. The van der Waals surface area contributed by atoms with E-state index in [9.17, 15) is 4.79 Å². The van der Waals surface area contributed by atoms with Gasteiger partial charge in [0.15, 0.2) is 0 Å². The third-order valence-corrected chi connectivity index (χ3v) is 3.31. The van der Waals surface area contributed by atoms with Crippen molar-refractivity contribution < 1.29 is 5.11 Å². The van der Waals surface area contributed by atoms with Crippen LogP contribution in [0, 0.1) is 5.92 Å². The van der Waals surface area contributed by atoms with E-state index in [0.717, 1.165) is 44.0 Å². The van der Waals surface area contributed by atoms with E-state index < -0.39 is 0 Å². The number of hydrogen-bond acceptors (Lipinski definition) is 4. The summed E-state index contributed by atoms with van der Waals surface area (Å²) in [5.74, 6) is 1.90. The summed E-state index contributed by atoms with van der Waals surface area (Å²) in [5, 5.41) is 9.08. The second-order valence-corrected chi connectivity index (χ2v) is 4.52. The van der Waals surface area contributed by atoms with Gasteiger partial charge in [-0.3, -0.25) is 4.79 Å². The number of H-pyrrole nitrogens is 1. The van der Waals surface area contributed by atoms with Crippen LogP contribution in [0.3, 0.4) is 0 Å². The van der Waals surface area contributed by atoms with Crippen molar-refractivity contribution in [3.05, 3.63) is 22.2 Å². The number of piperidine rings is 1. The lowest BCUT2D eigenvalue weighted by Gasteiger charge is -2.31. The minimum atomic E-state index is -0.0869. The van der Waals surface area contributed by atoms with Crippen LogP contribution in [-0.2, 0) is 6.42 Å². The Balaban J connectivity index is 2.12. The molecule has 1 aliphatic heterocycles. The normalized spacial score (nSPS) is 17.4. The molecule has 1 saturated heterocycles. The molecule has 17 heavy (non-hydrogen) atoms. The van der Waals surface area contributed by atoms with Crippen molar-refractivity contribution in [1.82, 2.24) is 9.97 Å². The average molecular weight is 237 g/mol. The molecule has 0 radical (unpaired) electrons. The molecule has 1 fully saturated rings. The van der Waals surface area contributed by atoms with Gasteiger partial charge in [-0.15, -0.1) is 0 Å². The van der Waals surface area contributed by atoms with Crippen LogP contribution in [-0.4, -0.2) is 34.8 Å². The molecule has 5 nitrogen and oxygen atoms in total. The summed E-state index contributed by atoms with van der Waals surface area (Å²) in [4.78, 5) is 20.8. The van der Waals surface area contributed by atoms with Crippen molar-refractivity contribution >= 4 is 5.82 Å². The molecular weight excluding hydrogens is 218 g/mol. The number of aliphatic hydroxyl groups is 1. The summed E-state index contributed by atoms with van der Waals surface area (Å²) in [7, 11) is 0. The SMILES string of the molecule is CCc1nc(N2CCC(CO)CC2)cc(=O)[nH]1. The summed E-state index contributed by atoms with van der Waals surface area (Å²) in [6, 6.07) is 1.55. The lowest BCUT2D eigenvalue weighted by molar-refractivity contribution is 0.202. The Morgan fingerprint density at radius 3 is 2.82 bits per heavy atom. The molecule has 94 valence electrons. The van der Waals surface area contributed by atoms with Crippen LogP contribution in [0.2, 0.25) is 0 Å². The molecular formula is C12H19N3O2. The van der Waals surface area contributed by atoms with E-state index in [2.05, 4.69) is 14.9 Å². The van der Waals surface area contributed by atoms with Crippen molar-refractivity contribution in [2.24, 2.45) is 5.92 Å². The lowest BCUT2D eigenvalue weighted by Crippen LogP contribution is -2.36. The van der Waals surface area contributed by atoms with Crippen LogP contribution in [0.15, 0.2) is 10.9 Å². The van der Waals surface area contributed by atoms with Gasteiger partial charge in [-0.25, -0.2) is 4.98 Å². The Labute approximate surface area is 100 Å². The van der Waals surface area contributed by atoms with Crippen LogP contribution in [0.25, 0.3) is 0 Å². The van der Waals surface area contributed by atoms with E-state index in [1.54, 1.807) is 6.07 Å². The van der Waals surface area contributed by atoms with Gasteiger partial charge in [0.1, 0.15) is 11.6 Å². The number of aromatic nitrogens is 2. The molecule has 2 N–H and O–H groups in total. The van der Waals surface area contributed by atoms with Gasteiger partial charge in [-0.05, 0) is 18.8 Å². The third kappa shape index (κ3) is 2.85. The Morgan fingerprint density at radius 2 is 2.24 bits per heavy atom. The number of aromatic amines is 1. The summed E-state index contributed by atoms with van der Waals surface area (Å²) in [6.45, 7) is 3.96. The zero-order valence-corrected chi connectivity index (χ0v) is 10.1. The predicted octanol–water partition coefficient (Wildman–Crippen LogP) is 0.541. The minimum absolute atomic E-state index is 0.0869. The largest absolute Gasteiger partial charge is 0.396 e. The van der Waals surface area contributed by atoms with Gasteiger partial charge in [0, 0.05) is 32.2 Å². The Hall–Kier alpha value is -1.36. The second kappa shape index (κ2) is 5.31. The zero-order chi connectivity index (χ0) is 12.3. The highest BCUT2D eigenvalue weighted by molar-refractivity contribution is 5.37. The fraction of sp³-hybridized carbons (Fsp3) is 0.667. The van der Waals surface area contributed by atoms with E-state index in [1.165, 1.54) is 0 Å². The van der Waals surface area contributed by atoms with Crippen LogP contribution >= 0.6 is 0 Å². The molecule has 0 atom stereocenters. The maximum Gasteiger partial charge on any atom is 0.252 e. The number of rotatable bonds is 3. The molecule has 1 aliphatic rings. The minimum Gasteiger partial charge on any atom is -0.396 e. The Morgan fingerprint density at radius 1 is 1.53 bits per heavy atom. The fourth-order valence-electron chi connectivity index (χ4n) is 2.17. The molecule has 0 unspecified atom stereocenters. The molecule has 0 amide bonds.